The third-order valence-corrected chi connectivity index (χ3v) is 6.36. The Morgan fingerprint density at radius 3 is 1.51 bits per heavy atom. The first-order valence-electron chi connectivity index (χ1n) is 11.3. The highest BCUT2D eigenvalue weighted by molar-refractivity contribution is 9.10. The van der Waals surface area contributed by atoms with Crippen molar-refractivity contribution < 1.29 is 14.3 Å². The summed E-state index contributed by atoms with van der Waals surface area (Å²) in [4.78, 5) is 45.4. The van der Waals surface area contributed by atoms with Gasteiger partial charge < -0.3 is 4.74 Å². The van der Waals surface area contributed by atoms with Crippen molar-refractivity contribution in [3.05, 3.63) is 93.4 Å². The Hall–Kier alpha value is -3.34. The van der Waals surface area contributed by atoms with Crippen LogP contribution in [0.1, 0.15) is 18.3 Å². The number of carbonyl (C=O) groups is 2. The van der Waals surface area contributed by atoms with E-state index < -0.39 is 12.0 Å². The zero-order chi connectivity index (χ0) is 26.4. The molecular formula is C27H23Br2N5O3. The molecule has 0 amide bonds. The molecule has 0 radical (unpaired) electrons. The van der Waals surface area contributed by atoms with Gasteiger partial charge in [-0.1, -0.05) is 24.3 Å². The molecule has 0 aliphatic carbocycles. The number of Topliss-reactive ketones (excluding diaryl/α,β-unsaturated/α-hetero) is 1. The molecule has 0 bridgehead atoms. The molecule has 4 rings (SSSR count). The summed E-state index contributed by atoms with van der Waals surface area (Å²) in [5, 5.41) is 0. The van der Waals surface area contributed by atoms with Crippen LogP contribution in [0, 0.1) is 0 Å². The van der Waals surface area contributed by atoms with Crippen molar-refractivity contribution >= 4 is 43.6 Å². The number of rotatable bonds is 9. The molecule has 4 heterocycles. The molecule has 4 aromatic rings. The SMILES string of the molecule is COC(=O)C(C(C)=O)N(Cc1cccc(-c2cccc(Br)n2)n1)Cc1cccc(-c2cccc(Br)n2)n1. The van der Waals surface area contributed by atoms with Crippen molar-refractivity contribution in [2.75, 3.05) is 7.11 Å². The van der Waals surface area contributed by atoms with Crippen LogP contribution >= 0.6 is 31.9 Å². The number of ether oxygens (including phenoxy) is 1. The predicted octanol–water partition coefficient (Wildman–Crippen LogP) is 5.26. The molecule has 37 heavy (non-hydrogen) atoms. The summed E-state index contributed by atoms with van der Waals surface area (Å²) in [6.07, 6.45) is 0. The van der Waals surface area contributed by atoms with Crippen LogP contribution in [0.25, 0.3) is 22.8 Å². The Balaban J connectivity index is 1.68. The Kier molecular flexibility index (Phi) is 8.86. The minimum Gasteiger partial charge on any atom is -0.468 e. The van der Waals surface area contributed by atoms with E-state index in [1.54, 1.807) is 4.90 Å². The highest BCUT2D eigenvalue weighted by Crippen LogP contribution is 2.21. The number of ketones is 1. The van der Waals surface area contributed by atoms with E-state index in [0.29, 0.717) is 43.4 Å². The summed E-state index contributed by atoms with van der Waals surface area (Å²) in [5.74, 6) is -0.969. The molecule has 1 unspecified atom stereocenters. The molecule has 0 aromatic carbocycles. The average molecular weight is 625 g/mol. The number of aromatic nitrogens is 4. The molecule has 0 aliphatic rings. The summed E-state index contributed by atoms with van der Waals surface area (Å²) < 4.78 is 6.37. The van der Waals surface area contributed by atoms with Crippen LogP contribution in [0.4, 0.5) is 0 Å². The molecule has 0 aliphatic heterocycles. The lowest BCUT2D eigenvalue weighted by atomic mass is 10.1. The van der Waals surface area contributed by atoms with E-state index in [-0.39, 0.29) is 18.9 Å². The van der Waals surface area contributed by atoms with Gasteiger partial charge in [0.05, 0.1) is 41.3 Å². The Morgan fingerprint density at radius 2 is 1.14 bits per heavy atom. The Labute approximate surface area is 231 Å². The molecule has 0 N–H and O–H groups in total. The maximum Gasteiger partial charge on any atom is 0.330 e. The van der Waals surface area contributed by atoms with Crippen LogP contribution in [-0.2, 0) is 27.4 Å². The van der Waals surface area contributed by atoms with Gasteiger partial charge in [0.15, 0.2) is 11.8 Å². The van der Waals surface area contributed by atoms with Gasteiger partial charge in [0.1, 0.15) is 9.21 Å². The smallest absolute Gasteiger partial charge is 0.330 e. The van der Waals surface area contributed by atoms with Crippen LogP contribution < -0.4 is 0 Å². The first kappa shape index (κ1) is 26.7. The lowest BCUT2D eigenvalue weighted by molar-refractivity contribution is -0.151. The Morgan fingerprint density at radius 1 is 0.730 bits per heavy atom. The zero-order valence-electron chi connectivity index (χ0n) is 20.1. The molecule has 0 fully saturated rings. The van der Waals surface area contributed by atoms with Gasteiger partial charge in [-0.25, -0.2) is 24.7 Å². The lowest BCUT2D eigenvalue weighted by Crippen LogP contribution is -2.46. The van der Waals surface area contributed by atoms with E-state index in [1.165, 1.54) is 14.0 Å². The van der Waals surface area contributed by atoms with Gasteiger partial charge in [-0.3, -0.25) is 9.69 Å². The van der Waals surface area contributed by atoms with E-state index >= 15 is 0 Å². The topological polar surface area (TPSA) is 98.2 Å². The summed E-state index contributed by atoms with van der Waals surface area (Å²) in [6, 6.07) is 21.2. The van der Waals surface area contributed by atoms with Crippen molar-refractivity contribution in [2.24, 2.45) is 0 Å². The highest BCUT2D eigenvalue weighted by atomic mass is 79.9. The quantitative estimate of drug-likeness (QED) is 0.141. The van der Waals surface area contributed by atoms with Crippen molar-refractivity contribution in [1.82, 2.24) is 24.8 Å². The number of nitrogens with zero attached hydrogens (tertiary/aromatic N) is 5. The molecule has 4 aromatic heterocycles. The van der Waals surface area contributed by atoms with Gasteiger partial charge in [0.25, 0.3) is 0 Å². The van der Waals surface area contributed by atoms with Crippen molar-refractivity contribution in [1.29, 1.82) is 0 Å². The highest BCUT2D eigenvalue weighted by Gasteiger charge is 2.32. The minimum absolute atomic E-state index is 0.211. The number of halogens is 2. The average Bonchev–Trinajstić information content (AvgIpc) is 2.89. The summed E-state index contributed by atoms with van der Waals surface area (Å²) in [7, 11) is 1.27. The van der Waals surface area contributed by atoms with E-state index in [9.17, 15) is 9.59 Å². The number of esters is 1. The van der Waals surface area contributed by atoms with Crippen LogP contribution in [-0.4, -0.2) is 49.7 Å². The second kappa shape index (κ2) is 12.3. The third kappa shape index (κ3) is 6.91. The van der Waals surface area contributed by atoms with Gasteiger partial charge in [0, 0.05) is 13.1 Å². The zero-order valence-corrected chi connectivity index (χ0v) is 23.3. The van der Waals surface area contributed by atoms with E-state index in [1.807, 2.05) is 72.8 Å². The first-order valence-corrected chi connectivity index (χ1v) is 12.9. The number of hydrogen-bond donors (Lipinski definition) is 0. The molecular weight excluding hydrogens is 602 g/mol. The number of pyridine rings is 4. The number of methoxy groups -OCH3 is 1. The summed E-state index contributed by atoms with van der Waals surface area (Å²) >= 11 is 6.78. The molecule has 188 valence electrons. The molecule has 0 saturated carbocycles. The fraction of sp³-hybridized carbons (Fsp3) is 0.185. The van der Waals surface area contributed by atoms with Gasteiger partial charge in [-0.05, 0) is 87.3 Å². The van der Waals surface area contributed by atoms with E-state index in [0.717, 1.165) is 0 Å². The largest absolute Gasteiger partial charge is 0.468 e. The number of carbonyl (C=O) groups excluding carboxylic acids is 2. The standard InChI is InChI=1S/C27H23Br2N5O3/c1-17(35)26(27(36)37-2)34(15-18-7-3-9-20(30-18)22-11-5-13-24(28)32-22)16-19-8-4-10-21(31-19)23-12-6-14-25(29)33-23/h3-14,26H,15-16H2,1-2H3. The van der Waals surface area contributed by atoms with Crippen LogP contribution in [0.15, 0.2) is 82.0 Å². The van der Waals surface area contributed by atoms with Crippen LogP contribution in [0.2, 0.25) is 0 Å². The maximum atomic E-state index is 12.7. The van der Waals surface area contributed by atoms with Crippen LogP contribution in [0.3, 0.4) is 0 Å². The third-order valence-electron chi connectivity index (χ3n) is 5.47. The molecule has 1 atom stereocenters. The van der Waals surface area contributed by atoms with Crippen molar-refractivity contribution in [2.45, 2.75) is 26.1 Å². The van der Waals surface area contributed by atoms with Crippen molar-refractivity contribution in [3.8, 4) is 22.8 Å². The second-order valence-corrected chi connectivity index (χ2v) is 9.79. The van der Waals surface area contributed by atoms with Gasteiger partial charge in [-0.15, -0.1) is 0 Å². The molecule has 10 heteroatoms. The predicted molar refractivity (Wildman–Crippen MR) is 146 cm³/mol. The van der Waals surface area contributed by atoms with E-state index in [2.05, 4.69) is 41.8 Å². The normalized spacial score (nSPS) is 11.8. The van der Waals surface area contributed by atoms with Gasteiger partial charge in [0.2, 0.25) is 0 Å². The number of hydrogen-bond acceptors (Lipinski definition) is 8. The Bertz CT molecular complexity index is 1340. The molecule has 0 spiro atoms. The fourth-order valence-corrected chi connectivity index (χ4v) is 4.55. The summed E-state index contributed by atoms with van der Waals surface area (Å²) in [6.45, 7) is 1.80. The van der Waals surface area contributed by atoms with Crippen LogP contribution in [0.5, 0.6) is 0 Å². The van der Waals surface area contributed by atoms with Gasteiger partial charge >= 0.3 is 5.97 Å². The monoisotopic (exact) mass is 623 g/mol. The first-order chi connectivity index (χ1) is 17.8. The van der Waals surface area contributed by atoms with Crippen molar-refractivity contribution in [3.63, 3.8) is 0 Å². The minimum atomic E-state index is -1.12. The molecule has 8 nitrogen and oxygen atoms in total. The van der Waals surface area contributed by atoms with E-state index in [4.69, 9.17) is 14.7 Å². The maximum absolute atomic E-state index is 12.7. The fourth-order valence-electron chi connectivity index (χ4n) is 3.86. The summed E-state index contributed by atoms with van der Waals surface area (Å²) in [5.41, 5.74) is 4.09. The lowest BCUT2D eigenvalue weighted by Gasteiger charge is -2.27. The molecule has 0 saturated heterocycles. The van der Waals surface area contributed by atoms with Gasteiger partial charge in [-0.2, -0.15) is 0 Å². The second-order valence-electron chi connectivity index (χ2n) is 8.16.